The molecule has 3 nitrogen and oxygen atoms in total. The molecular weight excluding hydrogens is 212 g/mol. The largest absolute Gasteiger partial charge is 0.394 e. The highest BCUT2D eigenvalue weighted by molar-refractivity contribution is 5.50. The topological polar surface area (TPSA) is 35.5 Å². The van der Waals surface area contributed by atoms with E-state index in [0.29, 0.717) is 0 Å². The lowest BCUT2D eigenvalue weighted by Gasteiger charge is -2.33. The summed E-state index contributed by atoms with van der Waals surface area (Å²) in [6.07, 6.45) is 0. The molecule has 0 saturated carbocycles. The fourth-order valence-corrected chi connectivity index (χ4v) is 1.99. The smallest absolute Gasteiger partial charge is 0.0627 e. The molecule has 0 bridgehead atoms. The number of anilines is 1. The van der Waals surface area contributed by atoms with Gasteiger partial charge in [-0.2, -0.15) is 0 Å². The highest BCUT2D eigenvalue weighted by Gasteiger charge is 2.23. The number of benzene rings is 1. The van der Waals surface area contributed by atoms with Gasteiger partial charge >= 0.3 is 0 Å². The Bertz CT molecular complexity index is 352. The molecule has 1 aromatic rings. The summed E-state index contributed by atoms with van der Waals surface area (Å²) in [6, 6.07) is 6.50. The second-order valence-corrected chi connectivity index (χ2v) is 5.17. The first-order chi connectivity index (χ1) is 7.90. The average molecular weight is 236 g/mol. The van der Waals surface area contributed by atoms with E-state index in [1.807, 2.05) is 14.0 Å². The van der Waals surface area contributed by atoms with Crippen molar-refractivity contribution in [2.45, 2.75) is 26.3 Å². The van der Waals surface area contributed by atoms with Gasteiger partial charge in [0.05, 0.1) is 12.1 Å². The van der Waals surface area contributed by atoms with Crippen molar-refractivity contribution in [2.24, 2.45) is 0 Å². The first-order valence-electron chi connectivity index (χ1n) is 5.99. The number of hydrogen-bond acceptors (Lipinski definition) is 3. The number of nitrogens with zero attached hydrogens (tertiary/aromatic N) is 1. The fourth-order valence-electron chi connectivity index (χ4n) is 1.99. The van der Waals surface area contributed by atoms with E-state index in [0.717, 1.165) is 6.54 Å². The van der Waals surface area contributed by atoms with Crippen molar-refractivity contribution in [1.82, 2.24) is 5.32 Å². The zero-order chi connectivity index (χ0) is 13.1. The summed E-state index contributed by atoms with van der Waals surface area (Å²) in [5, 5.41) is 12.6. The van der Waals surface area contributed by atoms with Gasteiger partial charge in [0.25, 0.3) is 0 Å². The average Bonchev–Trinajstić information content (AvgIpc) is 2.27. The van der Waals surface area contributed by atoms with Crippen molar-refractivity contribution < 1.29 is 5.11 Å². The predicted octanol–water partition coefficient (Wildman–Crippen LogP) is 1.71. The normalized spacial score (nSPS) is 14.5. The summed E-state index contributed by atoms with van der Waals surface area (Å²) in [6.45, 7) is 7.12. The van der Waals surface area contributed by atoms with Crippen molar-refractivity contribution in [3.63, 3.8) is 0 Å². The minimum Gasteiger partial charge on any atom is -0.394 e. The van der Waals surface area contributed by atoms with Crippen LogP contribution in [0, 0.1) is 13.8 Å². The molecule has 1 rings (SSSR count). The van der Waals surface area contributed by atoms with Crippen molar-refractivity contribution in [2.75, 3.05) is 32.1 Å². The second-order valence-electron chi connectivity index (χ2n) is 5.17. The molecule has 1 aromatic carbocycles. The van der Waals surface area contributed by atoms with Crippen LogP contribution in [0.2, 0.25) is 0 Å². The van der Waals surface area contributed by atoms with Crippen molar-refractivity contribution in [1.29, 1.82) is 0 Å². The minimum absolute atomic E-state index is 0.124. The van der Waals surface area contributed by atoms with Crippen molar-refractivity contribution >= 4 is 5.69 Å². The standard InChI is InChI=1S/C14H24N2O/c1-11-6-12(2)8-13(7-11)16(5)9-14(3,10-17)15-4/h6-8,15,17H,9-10H2,1-5H3. The summed E-state index contributed by atoms with van der Waals surface area (Å²) in [4.78, 5) is 2.17. The van der Waals surface area contributed by atoms with Gasteiger partial charge < -0.3 is 15.3 Å². The highest BCUT2D eigenvalue weighted by atomic mass is 16.3. The fraction of sp³-hybridized carbons (Fsp3) is 0.571. The number of aliphatic hydroxyl groups excluding tert-OH is 1. The van der Waals surface area contributed by atoms with Crippen molar-refractivity contribution in [3.8, 4) is 0 Å². The van der Waals surface area contributed by atoms with E-state index in [-0.39, 0.29) is 12.1 Å². The van der Waals surface area contributed by atoms with Gasteiger partial charge in [0.1, 0.15) is 0 Å². The Morgan fingerprint density at radius 2 is 1.76 bits per heavy atom. The van der Waals surface area contributed by atoms with Crippen LogP contribution in [-0.4, -0.2) is 37.9 Å². The van der Waals surface area contributed by atoms with Gasteiger partial charge in [0, 0.05) is 19.3 Å². The van der Waals surface area contributed by atoms with E-state index >= 15 is 0 Å². The lowest BCUT2D eigenvalue weighted by molar-refractivity contribution is 0.187. The molecule has 0 aliphatic heterocycles. The Morgan fingerprint density at radius 1 is 1.24 bits per heavy atom. The highest BCUT2D eigenvalue weighted by Crippen LogP contribution is 2.19. The lowest BCUT2D eigenvalue weighted by Crippen LogP contribution is -2.51. The third-order valence-corrected chi connectivity index (χ3v) is 3.19. The number of likely N-dealkylation sites (N-methyl/N-ethyl adjacent to an activating group) is 2. The lowest BCUT2D eigenvalue weighted by atomic mass is 10.0. The maximum absolute atomic E-state index is 9.40. The van der Waals surface area contributed by atoms with Gasteiger partial charge in [-0.3, -0.25) is 0 Å². The predicted molar refractivity (Wildman–Crippen MR) is 73.7 cm³/mol. The van der Waals surface area contributed by atoms with Crippen LogP contribution in [0.1, 0.15) is 18.1 Å². The number of hydrogen-bond donors (Lipinski definition) is 2. The van der Waals surface area contributed by atoms with Crippen LogP contribution < -0.4 is 10.2 Å². The van der Waals surface area contributed by atoms with Gasteiger partial charge in [-0.1, -0.05) is 6.07 Å². The molecule has 0 aromatic heterocycles. The summed E-state index contributed by atoms with van der Waals surface area (Å²) >= 11 is 0. The number of aliphatic hydroxyl groups is 1. The summed E-state index contributed by atoms with van der Waals surface area (Å²) in [5.41, 5.74) is 3.45. The SMILES string of the molecule is CNC(C)(CO)CN(C)c1cc(C)cc(C)c1. The van der Waals surface area contributed by atoms with Crippen LogP contribution in [0.5, 0.6) is 0 Å². The number of aryl methyl sites for hydroxylation is 2. The minimum atomic E-state index is -0.271. The van der Waals surface area contributed by atoms with Crippen LogP contribution >= 0.6 is 0 Å². The molecule has 2 N–H and O–H groups in total. The van der Waals surface area contributed by atoms with Crippen LogP contribution in [0.15, 0.2) is 18.2 Å². The molecule has 0 saturated heterocycles. The zero-order valence-corrected chi connectivity index (χ0v) is 11.5. The third kappa shape index (κ3) is 3.72. The first-order valence-corrected chi connectivity index (χ1v) is 5.99. The van der Waals surface area contributed by atoms with E-state index in [9.17, 15) is 5.11 Å². The molecule has 3 heteroatoms. The first kappa shape index (κ1) is 14.0. The Morgan fingerprint density at radius 3 is 2.18 bits per heavy atom. The number of rotatable bonds is 5. The van der Waals surface area contributed by atoms with E-state index < -0.39 is 0 Å². The molecule has 1 atom stereocenters. The molecule has 0 radical (unpaired) electrons. The second kappa shape index (κ2) is 5.52. The molecular formula is C14H24N2O. The van der Waals surface area contributed by atoms with Gasteiger partial charge in [0.2, 0.25) is 0 Å². The summed E-state index contributed by atoms with van der Waals surface area (Å²) in [7, 11) is 3.94. The van der Waals surface area contributed by atoms with Crippen LogP contribution in [0.4, 0.5) is 5.69 Å². The Labute approximate surface area is 104 Å². The van der Waals surface area contributed by atoms with Gasteiger partial charge in [-0.25, -0.2) is 0 Å². The monoisotopic (exact) mass is 236 g/mol. The van der Waals surface area contributed by atoms with Crippen LogP contribution in [-0.2, 0) is 0 Å². The maximum atomic E-state index is 9.40. The van der Waals surface area contributed by atoms with Gasteiger partial charge in [0.15, 0.2) is 0 Å². The van der Waals surface area contributed by atoms with Crippen molar-refractivity contribution in [3.05, 3.63) is 29.3 Å². The molecule has 0 spiro atoms. The maximum Gasteiger partial charge on any atom is 0.0627 e. The van der Waals surface area contributed by atoms with E-state index in [2.05, 4.69) is 49.3 Å². The van der Waals surface area contributed by atoms with Crippen LogP contribution in [0.3, 0.4) is 0 Å². The van der Waals surface area contributed by atoms with E-state index in [1.165, 1.54) is 16.8 Å². The molecule has 0 heterocycles. The van der Waals surface area contributed by atoms with Crippen LogP contribution in [0.25, 0.3) is 0 Å². The Hall–Kier alpha value is -1.06. The molecule has 96 valence electrons. The Kier molecular flexibility index (Phi) is 4.54. The number of nitrogens with one attached hydrogen (secondary N) is 1. The molecule has 0 amide bonds. The van der Waals surface area contributed by atoms with Gasteiger partial charge in [-0.05, 0) is 51.1 Å². The summed E-state index contributed by atoms with van der Waals surface area (Å²) in [5.74, 6) is 0. The molecule has 1 unspecified atom stereocenters. The summed E-state index contributed by atoms with van der Waals surface area (Å²) < 4.78 is 0. The molecule has 17 heavy (non-hydrogen) atoms. The van der Waals surface area contributed by atoms with E-state index in [4.69, 9.17) is 0 Å². The Balaban J connectivity index is 2.85. The molecule has 0 aliphatic carbocycles. The third-order valence-electron chi connectivity index (χ3n) is 3.19. The van der Waals surface area contributed by atoms with E-state index in [1.54, 1.807) is 0 Å². The quantitative estimate of drug-likeness (QED) is 0.817. The molecule has 0 fully saturated rings. The zero-order valence-electron chi connectivity index (χ0n) is 11.5. The molecule has 0 aliphatic rings. The van der Waals surface area contributed by atoms with Gasteiger partial charge in [-0.15, -0.1) is 0 Å².